The molecule has 0 aliphatic rings. The highest BCUT2D eigenvalue weighted by Gasteiger charge is 2.17. The zero-order valence-electron chi connectivity index (χ0n) is 44.2. The molecule has 0 N–H and O–H groups in total. The second kappa shape index (κ2) is 56.9. The number of allylic oxidation sites excluding steroid dienone is 10. The summed E-state index contributed by atoms with van der Waals surface area (Å²) in [6.45, 7) is 7.66. The maximum atomic E-state index is 12.8. The fraction of sp³-hybridized carbons (Fsp3) is 0.803. The monoisotopic (exact) mass is 923 g/mol. The molecular formula is C61H110O5. The fourth-order valence-corrected chi connectivity index (χ4v) is 8.30. The molecule has 0 heterocycles. The molecule has 1 unspecified atom stereocenters. The number of hydrogen-bond donors (Lipinski definition) is 0. The maximum Gasteiger partial charge on any atom is 0.306 e. The zero-order chi connectivity index (χ0) is 47.7. The van der Waals surface area contributed by atoms with Gasteiger partial charge in [0.1, 0.15) is 6.61 Å². The highest BCUT2D eigenvalue weighted by Crippen LogP contribution is 2.17. The molecule has 0 bridgehead atoms. The topological polar surface area (TPSA) is 61.8 Å². The molecule has 1 atom stereocenters. The molecule has 0 aliphatic heterocycles. The van der Waals surface area contributed by atoms with Crippen LogP contribution in [0.1, 0.15) is 290 Å². The van der Waals surface area contributed by atoms with Crippen LogP contribution in [-0.2, 0) is 23.8 Å². The lowest BCUT2D eigenvalue weighted by Crippen LogP contribution is -2.30. The normalized spacial score (nSPS) is 12.6. The minimum Gasteiger partial charge on any atom is -0.462 e. The van der Waals surface area contributed by atoms with E-state index in [-0.39, 0.29) is 25.2 Å². The van der Waals surface area contributed by atoms with Gasteiger partial charge >= 0.3 is 11.9 Å². The van der Waals surface area contributed by atoms with Crippen LogP contribution in [0, 0.1) is 0 Å². The summed E-state index contributed by atoms with van der Waals surface area (Å²) >= 11 is 0. The lowest BCUT2D eigenvalue weighted by Gasteiger charge is -2.18. The number of carbonyl (C=O) groups excluding carboxylic acids is 2. The van der Waals surface area contributed by atoms with Gasteiger partial charge in [0.05, 0.1) is 6.61 Å². The van der Waals surface area contributed by atoms with Gasteiger partial charge in [-0.05, 0) is 64.2 Å². The Morgan fingerprint density at radius 2 is 0.682 bits per heavy atom. The molecule has 384 valence electrons. The molecule has 66 heavy (non-hydrogen) atoms. The molecule has 0 radical (unpaired) electrons. The summed E-state index contributed by atoms with van der Waals surface area (Å²) in [6.07, 6.45) is 72.5. The van der Waals surface area contributed by atoms with E-state index < -0.39 is 6.10 Å². The van der Waals surface area contributed by atoms with Crippen LogP contribution in [0.25, 0.3) is 0 Å². The van der Waals surface area contributed by atoms with E-state index in [4.69, 9.17) is 14.2 Å². The summed E-state index contributed by atoms with van der Waals surface area (Å²) in [5.74, 6) is -0.406. The summed E-state index contributed by atoms with van der Waals surface area (Å²) in [4.78, 5) is 25.5. The Balaban J connectivity index is 4.28. The van der Waals surface area contributed by atoms with Gasteiger partial charge in [0, 0.05) is 19.4 Å². The van der Waals surface area contributed by atoms with Crippen LogP contribution in [0.4, 0.5) is 0 Å². The van der Waals surface area contributed by atoms with Crippen LogP contribution in [-0.4, -0.2) is 37.9 Å². The van der Waals surface area contributed by atoms with Crippen molar-refractivity contribution < 1.29 is 23.8 Å². The highest BCUT2D eigenvalue weighted by atomic mass is 16.6. The molecule has 0 amide bonds. The molecule has 5 heteroatoms. The van der Waals surface area contributed by atoms with Gasteiger partial charge in [-0.15, -0.1) is 0 Å². The van der Waals surface area contributed by atoms with E-state index in [1.165, 1.54) is 180 Å². The van der Waals surface area contributed by atoms with E-state index >= 15 is 0 Å². The summed E-state index contributed by atoms with van der Waals surface area (Å²) in [6, 6.07) is 0. The predicted octanol–water partition coefficient (Wildman–Crippen LogP) is 19.7. The average molecular weight is 924 g/mol. The third-order valence-electron chi connectivity index (χ3n) is 12.6. The highest BCUT2D eigenvalue weighted by molar-refractivity contribution is 5.70. The SMILES string of the molecule is CC/C=C\C/C=C\C/C=C\C/C=C\C/C=C\CCCCOCC(COC(=O)CCCCCCCCCCCCCCCCCCCCC)OC(=O)CCCCCCCCCCCCCCC. The van der Waals surface area contributed by atoms with Crippen LogP contribution in [0.2, 0.25) is 0 Å². The number of rotatable bonds is 53. The number of hydrogen-bond acceptors (Lipinski definition) is 5. The summed E-state index contributed by atoms with van der Waals surface area (Å²) < 4.78 is 17.4. The number of esters is 2. The van der Waals surface area contributed by atoms with Crippen LogP contribution in [0.3, 0.4) is 0 Å². The van der Waals surface area contributed by atoms with Gasteiger partial charge in [0.2, 0.25) is 0 Å². The number of carbonyl (C=O) groups is 2. The molecular weight excluding hydrogens is 813 g/mol. The van der Waals surface area contributed by atoms with Crippen molar-refractivity contribution in [3.63, 3.8) is 0 Å². The van der Waals surface area contributed by atoms with Crippen molar-refractivity contribution >= 4 is 11.9 Å². The Labute approximate surface area is 411 Å². The fourth-order valence-electron chi connectivity index (χ4n) is 8.30. The largest absolute Gasteiger partial charge is 0.462 e. The van der Waals surface area contributed by atoms with Crippen molar-refractivity contribution in [3.8, 4) is 0 Å². The molecule has 0 aromatic heterocycles. The lowest BCUT2D eigenvalue weighted by atomic mass is 10.0. The third-order valence-corrected chi connectivity index (χ3v) is 12.6. The average Bonchev–Trinajstić information content (AvgIpc) is 3.32. The van der Waals surface area contributed by atoms with E-state index in [2.05, 4.69) is 81.5 Å². The smallest absolute Gasteiger partial charge is 0.306 e. The molecule has 0 spiro atoms. The Bertz CT molecular complexity index is 1130. The molecule has 0 rings (SSSR count). The summed E-state index contributed by atoms with van der Waals surface area (Å²) in [5, 5.41) is 0. The van der Waals surface area contributed by atoms with E-state index in [1.807, 2.05) is 0 Å². The second-order valence-corrected chi connectivity index (χ2v) is 19.2. The van der Waals surface area contributed by atoms with E-state index in [9.17, 15) is 9.59 Å². The van der Waals surface area contributed by atoms with Gasteiger partial charge in [-0.25, -0.2) is 0 Å². The first-order chi connectivity index (χ1) is 32.6. The van der Waals surface area contributed by atoms with Gasteiger partial charge in [0.25, 0.3) is 0 Å². The lowest BCUT2D eigenvalue weighted by molar-refractivity contribution is -0.163. The van der Waals surface area contributed by atoms with Crippen molar-refractivity contribution in [2.45, 2.75) is 297 Å². The molecule has 0 saturated heterocycles. The standard InChI is InChI=1S/C61H110O5/c1-4-7-10-13-16-19-22-25-27-29-31-32-34-37-39-42-45-48-51-54-60(62)65-58-59(66-61(63)55-52-49-46-43-40-36-24-21-18-15-12-9-6-3)57-64-56-53-50-47-44-41-38-35-33-30-28-26-23-20-17-14-11-8-5-2/h8,11,17,20,26,28,33,35,41,44,59H,4-7,9-10,12-16,18-19,21-25,27,29-32,34,36-40,42-43,45-58H2,1-3H3/b11-8-,20-17-,28-26-,35-33-,44-41-. The van der Waals surface area contributed by atoms with Crippen LogP contribution in [0.5, 0.6) is 0 Å². The van der Waals surface area contributed by atoms with Gasteiger partial charge < -0.3 is 14.2 Å². The van der Waals surface area contributed by atoms with Crippen molar-refractivity contribution in [2.24, 2.45) is 0 Å². The van der Waals surface area contributed by atoms with Crippen LogP contribution >= 0.6 is 0 Å². The minimum atomic E-state index is -0.556. The Morgan fingerprint density at radius 1 is 0.348 bits per heavy atom. The van der Waals surface area contributed by atoms with E-state index in [0.717, 1.165) is 77.0 Å². The van der Waals surface area contributed by atoms with Crippen molar-refractivity contribution in [1.82, 2.24) is 0 Å². The van der Waals surface area contributed by atoms with Gasteiger partial charge in [-0.3, -0.25) is 9.59 Å². The first-order valence-electron chi connectivity index (χ1n) is 28.8. The first kappa shape index (κ1) is 63.6. The molecule has 0 aromatic rings. The zero-order valence-corrected chi connectivity index (χ0v) is 44.2. The van der Waals surface area contributed by atoms with Crippen molar-refractivity contribution in [3.05, 3.63) is 60.8 Å². The van der Waals surface area contributed by atoms with Gasteiger partial charge in [-0.2, -0.15) is 0 Å². The summed E-state index contributed by atoms with van der Waals surface area (Å²) in [7, 11) is 0. The molecule has 5 nitrogen and oxygen atoms in total. The van der Waals surface area contributed by atoms with E-state index in [0.29, 0.717) is 19.4 Å². The Morgan fingerprint density at radius 3 is 1.06 bits per heavy atom. The molecule has 0 fully saturated rings. The van der Waals surface area contributed by atoms with Gasteiger partial charge in [-0.1, -0.05) is 274 Å². The second-order valence-electron chi connectivity index (χ2n) is 19.2. The molecule has 0 saturated carbocycles. The minimum absolute atomic E-state index is 0.0718. The third kappa shape index (κ3) is 54.2. The van der Waals surface area contributed by atoms with Crippen LogP contribution < -0.4 is 0 Å². The molecule has 0 aromatic carbocycles. The maximum absolute atomic E-state index is 12.8. The summed E-state index contributed by atoms with van der Waals surface area (Å²) in [5.41, 5.74) is 0. The van der Waals surface area contributed by atoms with Crippen molar-refractivity contribution in [2.75, 3.05) is 19.8 Å². The number of ether oxygens (including phenoxy) is 3. The quantitative estimate of drug-likeness (QED) is 0.0346. The number of unbranched alkanes of at least 4 members (excludes halogenated alkanes) is 32. The Kier molecular flexibility index (Phi) is 54.9. The van der Waals surface area contributed by atoms with E-state index in [1.54, 1.807) is 0 Å². The first-order valence-corrected chi connectivity index (χ1v) is 28.8. The predicted molar refractivity (Wildman–Crippen MR) is 288 cm³/mol. The Hall–Kier alpha value is -2.40. The van der Waals surface area contributed by atoms with Crippen LogP contribution in [0.15, 0.2) is 60.8 Å². The van der Waals surface area contributed by atoms with Crippen molar-refractivity contribution in [1.29, 1.82) is 0 Å². The van der Waals surface area contributed by atoms with Gasteiger partial charge in [0.15, 0.2) is 6.10 Å². The molecule has 0 aliphatic carbocycles.